The molecule has 3 N–H and O–H groups in total. The van der Waals surface area contributed by atoms with Crippen LogP contribution in [-0.2, 0) is 23.7 Å². The first-order valence-corrected chi connectivity index (χ1v) is 17.4. The van der Waals surface area contributed by atoms with E-state index in [1.54, 1.807) is 47.5 Å². The molecule has 1 fully saturated rings. The fraction of sp³-hybridized carbons (Fsp3) is 0.275. The van der Waals surface area contributed by atoms with Crippen LogP contribution in [0.15, 0.2) is 71.7 Å². The summed E-state index contributed by atoms with van der Waals surface area (Å²) in [5.41, 5.74) is 6.32. The third kappa shape index (κ3) is 6.95. The van der Waals surface area contributed by atoms with Crippen LogP contribution in [0.2, 0.25) is 0 Å². The highest BCUT2D eigenvalue weighted by molar-refractivity contribution is 6.01. The van der Waals surface area contributed by atoms with Gasteiger partial charge in [0, 0.05) is 60.8 Å². The minimum Gasteiger partial charge on any atom is -0.490 e. The van der Waals surface area contributed by atoms with Gasteiger partial charge in [-0.25, -0.2) is 9.18 Å². The molecule has 2 aliphatic rings. The number of hydrogen-bond acceptors (Lipinski definition) is 8. The second-order valence-electron chi connectivity index (χ2n) is 13.4. The lowest BCUT2D eigenvalue weighted by molar-refractivity contribution is -0.133. The van der Waals surface area contributed by atoms with Crippen molar-refractivity contribution in [3.8, 4) is 28.7 Å². The first-order chi connectivity index (χ1) is 25.5. The van der Waals surface area contributed by atoms with Crippen LogP contribution in [0.1, 0.15) is 54.2 Å². The third-order valence-corrected chi connectivity index (χ3v) is 9.54. The maximum Gasteiger partial charge on any atom is 0.328 e. The maximum absolute atomic E-state index is 15.8. The fourth-order valence-corrected chi connectivity index (χ4v) is 6.76. The third-order valence-electron chi connectivity index (χ3n) is 9.54. The Morgan fingerprint density at radius 2 is 1.91 bits per heavy atom. The minimum absolute atomic E-state index is 0.0620. The number of piperidine rings is 1. The highest BCUT2D eigenvalue weighted by Crippen LogP contribution is 2.42. The summed E-state index contributed by atoms with van der Waals surface area (Å²) in [5, 5.41) is 8.18. The standard InChI is InChI=1S/C40H38FN7O5/c1-23(2)28-18-27(19-34-37(28)47(4)40(52)46(34)3)48-15-16-53-35-20-29(30(41)21-33(35)48)25-10-11-31(43-22-25)38(50)42-14-6-8-24-7-5-9-26(17-24)44-32-12-13-36(49)45-39(32)51/h5,7,9-11,17-23,32,44H,12-16H2,1-4H3,(H,42,50)(H,45,49,51). The highest BCUT2D eigenvalue weighted by atomic mass is 19.1. The van der Waals surface area contributed by atoms with Crippen LogP contribution < -0.4 is 31.3 Å². The number of amides is 3. The van der Waals surface area contributed by atoms with E-state index in [0.29, 0.717) is 47.8 Å². The van der Waals surface area contributed by atoms with Crippen molar-refractivity contribution < 1.29 is 23.5 Å². The van der Waals surface area contributed by atoms with Gasteiger partial charge in [-0.15, -0.1) is 0 Å². The Hall–Kier alpha value is -6.42. The average molecular weight is 716 g/mol. The molecular formula is C40H38FN7O5. The predicted molar refractivity (Wildman–Crippen MR) is 200 cm³/mol. The smallest absolute Gasteiger partial charge is 0.328 e. The van der Waals surface area contributed by atoms with Gasteiger partial charge < -0.3 is 20.3 Å². The molecule has 2 aliphatic heterocycles. The molecule has 270 valence electrons. The highest BCUT2D eigenvalue weighted by Gasteiger charge is 2.27. The Morgan fingerprint density at radius 3 is 2.66 bits per heavy atom. The van der Waals surface area contributed by atoms with Crippen molar-refractivity contribution in [3.63, 3.8) is 0 Å². The number of halogens is 1. The van der Waals surface area contributed by atoms with Crippen molar-refractivity contribution in [3.05, 3.63) is 100.0 Å². The van der Waals surface area contributed by atoms with E-state index in [9.17, 15) is 19.2 Å². The Balaban J connectivity index is 1.03. The molecule has 13 heteroatoms. The summed E-state index contributed by atoms with van der Waals surface area (Å²) in [6.45, 7) is 5.11. The number of nitrogens with one attached hydrogen (secondary N) is 3. The lowest BCUT2D eigenvalue weighted by Crippen LogP contribution is -2.47. The van der Waals surface area contributed by atoms with Crippen LogP contribution in [0, 0.1) is 17.7 Å². The largest absolute Gasteiger partial charge is 0.490 e. The van der Waals surface area contributed by atoms with Crippen LogP contribution >= 0.6 is 0 Å². The van der Waals surface area contributed by atoms with Gasteiger partial charge in [0.2, 0.25) is 11.8 Å². The maximum atomic E-state index is 15.8. The second-order valence-corrected chi connectivity index (χ2v) is 13.4. The lowest BCUT2D eigenvalue weighted by atomic mass is 9.99. The topological polar surface area (TPSA) is 140 Å². The fourth-order valence-electron chi connectivity index (χ4n) is 6.76. The first kappa shape index (κ1) is 35.0. The zero-order valence-corrected chi connectivity index (χ0v) is 29.7. The van der Waals surface area contributed by atoms with E-state index >= 15 is 4.39 Å². The van der Waals surface area contributed by atoms with Gasteiger partial charge in [-0.3, -0.25) is 33.8 Å². The molecule has 0 radical (unpaired) electrons. The Kier molecular flexibility index (Phi) is 9.45. The zero-order valence-electron chi connectivity index (χ0n) is 29.7. The van der Waals surface area contributed by atoms with E-state index < -0.39 is 17.8 Å². The Labute approximate surface area is 305 Å². The SMILES string of the molecule is CC(C)c1cc(N2CCOc3cc(-c4ccc(C(=O)NCC#Cc5cccc(NC6CCC(=O)NC6=O)c5)nc4)c(F)cc32)cc2c1n(C)c(=O)n2C. The van der Waals surface area contributed by atoms with Gasteiger partial charge in [0.15, 0.2) is 0 Å². The number of fused-ring (bicyclic) bond motifs is 2. The second kappa shape index (κ2) is 14.3. The predicted octanol–water partition coefficient (Wildman–Crippen LogP) is 4.73. The molecule has 0 saturated carbocycles. The van der Waals surface area contributed by atoms with E-state index in [0.717, 1.165) is 22.3 Å². The van der Waals surface area contributed by atoms with Gasteiger partial charge in [-0.2, -0.15) is 0 Å². The van der Waals surface area contributed by atoms with Gasteiger partial charge >= 0.3 is 5.69 Å². The van der Waals surface area contributed by atoms with E-state index in [-0.39, 0.29) is 47.6 Å². The summed E-state index contributed by atoms with van der Waals surface area (Å²) >= 11 is 0. The first-order valence-electron chi connectivity index (χ1n) is 17.4. The molecule has 3 amide bonds. The van der Waals surface area contributed by atoms with Gasteiger partial charge in [-0.1, -0.05) is 37.8 Å². The van der Waals surface area contributed by atoms with Crippen LogP contribution in [-0.4, -0.2) is 57.6 Å². The molecule has 1 atom stereocenters. The number of benzene rings is 3. The number of aromatic nitrogens is 3. The molecule has 3 aromatic carbocycles. The van der Waals surface area contributed by atoms with Crippen LogP contribution in [0.25, 0.3) is 22.2 Å². The number of anilines is 3. The van der Waals surface area contributed by atoms with E-state index in [4.69, 9.17) is 4.74 Å². The van der Waals surface area contributed by atoms with E-state index in [1.165, 1.54) is 18.3 Å². The molecule has 4 heterocycles. The van der Waals surface area contributed by atoms with Crippen molar-refractivity contribution >= 4 is 45.8 Å². The molecule has 7 rings (SSSR count). The van der Waals surface area contributed by atoms with Gasteiger partial charge in [0.25, 0.3) is 5.91 Å². The van der Waals surface area contributed by atoms with Crippen molar-refractivity contribution in [2.75, 3.05) is 29.9 Å². The molecular weight excluding hydrogens is 677 g/mol. The molecule has 1 unspecified atom stereocenters. The van der Waals surface area contributed by atoms with Crippen LogP contribution in [0.3, 0.4) is 0 Å². The van der Waals surface area contributed by atoms with Gasteiger partial charge in [0.1, 0.15) is 29.9 Å². The summed E-state index contributed by atoms with van der Waals surface area (Å²) in [6.07, 6.45) is 2.14. The number of carbonyl (C=O) groups is 3. The van der Waals surface area contributed by atoms with Crippen molar-refractivity contribution in [2.24, 2.45) is 14.1 Å². The number of pyridine rings is 1. The minimum atomic E-state index is -0.504. The number of imidazole rings is 1. The summed E-state index contributed by atoms with van der Waals surface area (Å²) in [4.78, 5) is 55.4. The number of ether oxygens (including phenoxy) is 1. The molecule has 0 spiro atoms. The van der Waals surface area contributed by atoms with Gasteiger partial charge in [-0.05, 0) is 60.4 Å². The van der Waals surface area contributed by atoms with Gasteiger partial charge in [0.05, 0.1) is 29.8 Å². The summed E-state index contributed by atoms with van der Waals surface area (Å²) in [5.74, 6) is 5.03. The van der Waals surface area contributed by atoms with Crippen LogP contribution in [0.4, 0.5) is 21.5 Å². The van der Waals surface area contributed by atoms with Crippen molar-refractivity contribution in [2.45, 2.75) is 38.6 Å². The normalized spacial score (nSPS) is 15.4. The number of rotatable bonds is 7. The number of nitrogens with zero attached hydrogens (tertiary/aromatic N) is 4. The molecule has 0 bridgehead atoms. The molecule has 12 nitrogen and oxygen atoms in total. The Bertz CT molecular complexity index is 2400. The zero-order chi connectivity index (χ0) is 37.4. The molecule has 53 heavy (non-hydrogen) atoms. The molecule has 1 saturated heterocycles. The van der Waals surface area contributed by atoms with E-state index in [2.05, 4.69) is 52.7 Å². The molecule has 5 aromatic rings. The number of carbonyl (C=O) groups excluding carboxylic acids is 3. The molecule has 2 aromatic heterocycles. The van der Waals surface area contributed by atoms with Crippen molar-refractivity contribution in [1.82, 2.24) is 24.8 Å². The van der Waals surface area contributed by atoms with E-state index in [1.807, 2.05) is 23.1 Å². The lowest BCUT2D eigenvalue weighted by Gasteiger charge is -2.32. The Morgan fingerprint density at radius 1 is 1.08 bits per heavy atom. The number of hydrogen-bond donors (Lipinski definition) is 3. The molecule has 0 aliphatic carbocycles. The number of aryl methyl sites for hydroxylation is 2. The monoisotopic (exact) mass is 715 g/mol. The quantitative estimate of drug-likeness (QED) is 0.163. The number of imide groups is 1. The summed E-state index contributed by atoms with van der Waals surface area (Å²) in [6, 6.07) is 17.0. The summed E-state index contributed by atoms with van der Waals surface area (Å²) in [7, 11) is 3.53. The van der Waals surface area contributed by atoms with Crippen LogP contribution in [0.5, 0.6) is 5.75 Å². The average Bonchev–Trinajstić information content (AvgIpc) is 3.37. The summed E-state index contributed by atoms with van der Waals surface area (Å²) < 4.78 is 25.1. The van der Waals surface area contributed by atoms with Crippen molar-refractivity contribution in [1.29, 1.82) is 0 Å².